The molecule has 1 unspecified atom stereocenters. The molecule has 0 bridgehead atoms. The molecule has 0 amide bonds. The number of ether oxygens (including phenoxy) is 1. The molecule has 3 nitrogen and oxygen atoms in total. The van der Waals surface area contributed by atoms with E-state index in [1.807, 2.05) is 19.1 Å². The fraction of sp³-hybridized carbons (Fsp3) is 0.500. The number of hydrogen-bond donors (Lipinski definition) is 2. The first kappa shape index (κ1) is 13.1. The SMILES string of the molecule is CCOc1c(B(O)O)cccc1C(C)CC. The fourth-order valence-electron chi connectivity index (χ4n) is 1.70. The Labute approximate surface area is 97.2 Å². The zero-order chi connectivity index (χ0) is 12.1. The normalized spacial score (nSPS) is 12.3. The second kappa shape index (κ2) is 5.92. The van der Waals surface area contributed by atoms with Crippen LogP contribution in [-0.4, -0.2) is 23.8 Å². The zero-order valence-corrected chi connectivity index (χ0v) is 10.1. The zero-order valence-electron chi connectivity index (χ0n) is 10.1. The van der Waals surface area contributed by atoms with Crippen LogP contribution in [0, 0.1) is 0 Å². The van der Waals surface area contributed by atoms with E-state index < -0.39 is 7.12 Å². The Hall–Kier alpha value is -0.995. The molecule has 0 fully saturated rings. The first-order valence-corrected chi connectivity index (χ1v) is 5.73. The van der Waals surface area contributed by atoms with E-state index in [1.165, 1.54) is 0 Å². The van der Waals surface area contributed by atoms with Gasteiger partial charge in [0.25, 0.3) is 0 Å². The molecular weight excluding hydrogens is 203 g/mol. The Morgan fingerprint density at radius 3 is 2.50 bits per heavy atom. The minimum atomic E-state index is -1.48. The fourth-order valence-corrected chi connectivity index (χ4v) is 1.70. The maximum Gasteiger partial charge on any atom is 0.492 e. The number of para-hydroxylation sites is 1. The van der Waals surface area contributed by atoms with Crippen LogP contribution < -0.4 is 10.2 Å². The van der Waals surface area contributed by atoms with E-state index >= 15 is 0 Å². The lowest BCUT2D eigenvalue weighted by Crippen LogP contribution is -2.32. The van der Waals surface area contributed by atoms with E-state index in [1.54, 1.807) is 6.07 Å². The maximum atomic E-state index is 9.29. The second-order valence-corrected chi connectivity index (χ2v) is 3.88. The van der Waals surface area contributed by atoms with Crippen molar-refractivity contribution in [2.75, 3.05) is 6.61 Å². The molecule has 2 N–H and O–H groups in total. The van der Waals surface area contributed by atoms with Crippen LogP contribution in [0.15, 0.2) is 18.2 Å². The molecule has 0 aliphatic heterocycles. The molecule has 1 rings (SSSR count). The van der Waals surface area contributed by atoms with Gasteiger partial charge in [0.05, 0.1) is 6.61 Å². The van der Waals surface area contributed by atoms with Gasteiger partial charge in [0.2, 0.25) is 0 Å². The van der Waals surface area contributed by atoms with Crippen LogP contribution in [0.3, 0.4) is 0 Å². The summed E-state index contributed by atoms with van der Waals surface area (Å²) in [6.07, 6.45) is 0.991. The molecule has 0 heterocycles. The van der Waals surface area contributed by atoms with Gasteiger partial charge >= 0.3 is 7.12 Å². The Morgan fingerprint density at radius 1 is 1.31 bits per heavy atom. The lowest BCUT2D eigenvalue weighted by Gasteiger charge is -2.18. The van der Waals surface area contributed by atoms with Gasteiger partial charge in [-0.15, -0.1) is 0 Å². The van der Waals surface area contributed by atoms with Crippen LogP contribution in [0.5, 0.6) is 5.75 Å². The molecule has 1 aromatic carbocycles. The predicted octanol–water partition coefficient (Wildman–Crippen LogP) is 1.28. The standard InChI is InChI=1S/C12H19BO3/c1-4-9(3)10-7-6-8-11(13(14)15)12(10)16-5-2/h6-9,14-15H,4-5H2,1-3H3. The first-order chi connectivity index (χ1) is 7.61. The topological polar surface area (TPSA) is 49.7 Å². The van der Waals surface area contributed by atoms with Crippen LogP contribution in [0.1, 0.15) is 38.7 Å². The largest absolute Gasteiger partial charge is 0.494 e. The van der Waals surface area contributed by atoms with Gasteiger partial charge in [0.1, 0.15) is 5.75 Å². The van der Waals surface area contributed by atoms with Crippen molar-refractivity contribution in [1.29, 1.82) is 0 Å². The van der Waals surface area contributed by atoms with Gasteiger partial charge in [-0.1, -0.05) is 32.0 Å². The van der Waals surface area contributed by atoms with Crippen molar-refractivity contribution in [2.24, 2.45) is 0 Å². The van der Waals surface area contributed by atoms with Crippen molar-refractivity contribution in [1.82, 2.24) is 0 Å². The van der Waals surface area contributed by atoms with E-state index in [9.17, 15) is 10.0 Å². The molecule has 1 atom stereocenters. The molecule has 1 aromatic rings. The monoisotopic (exact) mass is 222 g/mol. The smallest absolute Gasteiger partial charge is 0.492 e. The minimum absolute atomic E-state index is 0.347. The number of benzene rings is 1. The van der Waals surface area contributed by atoms with E-state index in [4.69, 9.17) is 4.74 Å². The van der Waals surface area contributed by atoms with Gasteiger partial charge in [0.15, 0.2) is 0 Å². The highest BCUT2D eigenvalue weighted by Gasteiger charge is 2.21. The summed E-state index contributed by atoms with van der Waals surface area (Å²) in [5.41, 5.74) is 1.48. The molecule has 0 aliphatic carbocycles. The average Bonchev–Trinajstić information content (AvgIpc) is 2.28. The third-order valence-corrected chi connectivity index (χ3v) is 2.79. The quantitative estimate of drug-likeness (QED) is 0.737. The van der Waals surface area contributed by atoms with Crippen LogP contribution in [0.2, 0.25) is 0 Å². The summed E-state index contributed by atoms with van der Waals surface area (Å²) in [6.45, 7) is 6.61. The minimum Gasteiger partial charge on any atom is -0.494 e. The number of rotatable bonds is 5. The van der Waals surface area contributed by atoms with Gasteiger partial charge in [0, 0.05) is 5.46 Å². The molecule has 0 saturated carbocycles. The summed E-state index contributed by atoms with van der Waals surface area (Å²) < 4.78 is 5.53. The molecule has 0 saturated heterocycles. The number of hydrogen-bond acceptors (Lipinski definition) is 3. The summed E-state index contributed by atoms with van der Waals surface area (Å²) in [5, 5.41) is 18.6. The molecule has 4 heteroatoms. The van der Waals surface area contributed by atoms with Crippen molar-refractivity contribution < 1.29 is 14.8 Å². The Balaban J connectivity index is 3.20. The van der Waals surface area contributed by atoms with E-state index in [-0.39, 0.29) is 0 Å². The summed E-state index contributed by atoms with van der Waals surface area (Å²) >= 11 is 0. The lowest BCUT2D eigenvalue weighted by atomic mass is 9.77. The summed E-state index contributed by atoms with van der Waals surface area (Å²) in [7, 11) is -1.48. The maximum absolute atomic E-state index is 9.29. The van der Waals surface area contributed by atoms with Gasteiger partial charge in [-0.3, -0.25) is 0 Å². The van der Waals surface area contributed by atoms with Crippen molar-refractivity contribution in [2.45, 2.75) is 33.1 Å². The van der Waals surface area contributed by atoms with Gasteiger partial charge in [-0.05, 0) is 24.8 Å². The summed E-state index contributed by atoms with van der Waals surface area (Å²) in [4.78, 5) is 0. The highest BCUT2D eigenvalue weighted by Crippen LogP contribution is 2.27. The molecule has 88 valence electrons. The van der Waals surface area contributed by atoms with Crippen molar-refractivity contribution in [3.05, 3.63) is 23.8 Å². The molecule has 0 aromatic heterocycles. The Bertz CT molecular complexity index is 339. The lowest BCUT2D eigenvalue weighted by molar-refractivity contribution is 0.334. The third-order valence-electron chi connectivity index (χ3n) is 2.79. The second-order valence-electron chi connectivity index (χ2n) is 3.88. The van der Waals surface area contributed by atoms with E-state index in [0.29, 0.717) is 23.7 Å². The average molecular weight is 222 g/mol. The van der Waals surface area contributed by atoms with E-state index in [0.717, 1.165) is 12.0 Å². The molecular formula is C12H19BO3. The third kappa shape index (κ3) is 2.77. The predicted molar refractivity (Wildman–Crippen MR) is 66.1 cm³/mol. The van der Waals surface area contributed by atoms with Crippen LogP contribution in [0.4, 0.5) is 0 Å². The van der Waals surface area contributed by atoms with Crippen LogP contribution >= 0.6 is 0 Å². The van der Waals surface area contributed by atoms with Crippen molar-refractivity contribution in [3.63, 3.8) is 0 Å². The molecule has 0 aliphatic rings. The summed E-state index contributed by atoms with van der Waals surface area (Å²) in [6, 6.07) is 5.49. The van der Waals surface area contributed by atoms with Crippen molar-refractivity contribution in [3.8, 4) is 5.75 Å². The van der Waals surface area contributed by atoms with Crippen molar-refractivity contribution >= 4 is 12.6 Å². The Kier molecular flexibility index (Phi) is 4.84. The van der Waals surface area contributed by atoms with Gasteiger partial charge < -0.3 is 14.8 Å². The highest BCUT2D eigenvalue weighted by molar-refractivity contribution is 6.59. The Morgan fingerprint density at radius 2 is 2.00 bits per heavy atom. The van der Waals surface area contributed by atoms with Crippen LogP contribution in [-0.2, 0) is 0 Å². The van der Waals surface area contributed by atoms with Crippen LogP contribution in [0.25, 0.3) is 0 Å². The summed E-state index contributed by atoms with van der Waals surface area (Å²) in [5.74, 6) is 0.967. The first-order valence-electron chi connectivity index (χ1n) is 5.73. The van der Waals surface area contributed by atoms with Gasteiger partial charge in [-0.2, -0.15) is 0 Å². The highest BCUT2D eigenvalue weighted by atomic mass is 16.5. The molecule has 0 radical (unpaired) electrons. The van der Waals surface area contributed by atoms with Gasteiger partial charge in [-0.25, -0.2) is 0 Å². The molecule has 0 spiro atoms. The molecule has 16 heavy (non-hydrogen) atoms. The van der Waals surface area contributed by atoms with E-state index in [2.05, 4.69) is 13.8 Å².